The van der Waals surface area contributed by atoms with Crippen molar-refractivity contribution in [1.29, 1.82) is 0 Å². The van der Waals surface area contributed by atoms with E-state index < -0.39 is 11.7 Å². The number of rotatable bonds is 7. The lowest BCUT2D eigenvalue weighted by Gasteiger charge is -2.11. The number of fused-ring (bicyclic) bond motifs is 3. The zero-order valence-electron chi connectivity index (χ0n) is 18.0. The Bertz CT molecular complexity index is 1310. The molecule has 8 heteroatoms. The molecule has 2 aromatic heterocycles. The number of aryl methyl sites for hydroxylation is 2. The van der Waals surface area contributed by atoms with Gasteiger partial charge in [0.25, 0.3) is 5.91 Å². The third-order valence-corrected chi connectivity index (χ3v) is 5.47. The average molecular weight is 433 g/mol. The lowest BCUT2D eigenvalue weighted by molar-refractivity contribution is -0.121. The maximum absolute atomic E-state index is 13.6. The Hall–Kier alpha value is -3.81. The van der Waals surface area contributed by atoms with Crippen LogP contribution in [0.1, 0.15) is 33.7 Å². The zero-order chi connectivity index (χ0) is 22.7. The molecule has 0 aliphatic carbocycles. The molecule has 0 aliphatic rings. The van der Waals surface area contributed by atoms with Gasteiger partial charge >= 0.3 is 0 Å². The Kier molecular flexibility index (Phi) is 6.11. The highest BCUT2D eigenvalue weighted by atomic mass is 19.1. The smallest absolute Gasteiger partial charge is 0.254 e. The Morgan fingerprint density at radius 2 is 1.72 bits per heavy atom. The maximum Gasteiger partial charge on any atom is 0.254 e. The quantitative estimate of drug-likeness (QED) is 0.439. The van der Waals surface area contributed by atoms with Crippen molar-refractivity contribution in [3.8, 4) is 0 Å². The molecule has 0 bridgehead atoms. The second kappa shape index (κ2) is 9.13. The number of carbonyl (C=O) groups excluding carboxylic acids is 2. The lowest BCUT2D eigenvalue weighted by Crippen LogP contribution is -2.35. The fraction of sp³-hybridized carbons (Fsp3) is 0.250. The number of halogens is 1. The maximum atomic E-state index is 13.6. The van der Waals surface area contributed by atoms with Crippen molar-refractivity contribution in [3.05, 3.63) is 76.9 Å². The molecule has 0 spiro atoms. The lowest BCUT2D eigenvalue weighted by atomic mass is 10.1. The highest BCUT2D eigenvalue weighted by molar-refractivity contribution is 5.94. The number of carbonyl (C=O) groups is 2. The van der Waals surface area contributed by atoms with Crippen molar-refractivity contribution in [2.24, 2.45) is 0 Å². The second-order valence-corrected chi connectivity index (χ2v) is 7.60. The summed E-state index contributed by atoms with van der Waals surface area (Å²) in [6, 6.07) is 13.6. The molecule has 0 atom stereocenters. The van der Waals surface area contributed by atoms with Crippen LogP contribution >= 0.6 is 0 Å². The predicted octanol–water partition coefficient (Wildman–Crippen LogP) is 3.12. The second-order valence-electron chi connectivity index (χ2n) is 7.60. The van der Waals surface area contributed by atoms with E-state index in [1.165, 1.54) is 18.2 Å². The molecule has 2 heterocycles. The standard InChI is InChI=1S/C24H24FN5O2/c1-15-17(16(2)30-23(28-15)19-8-4-6-10-21(19)29-30)11-12-22(31)26-13-14-27-24(32)18-7-3-5-9-20(18)25/h3-10H,11-14H2,1-2H3,(H,26,31)(H,27,32). The molecular weight excluding hydrogens is 409 g/mol. The first-order valence-corrected chi connectivity index (χ1v) is 10.5. The van der Waals surface area contributed by atoms with E-state index in [0.717, 1.165) is 33.5 Å². The third kappa shape index (κ3) is 4.30. The summed E-state index contributed by atoms with van der Waals surface area (Å²) < 4.78 is 15.5. The van der Waals surface area contributed by atoms with E-state index in [9.17, 15) is 14.0 Å². The van der Waals surface area contributed by atoms with Crippen molar-refractivity contribution in [2.45, 2.75) is 26.7 Å². The number of benzene rings is 2. The van der Waals surface area contributed by atoms with Crippen LogP contribution in [0.3, 0.4) is 0 Å². The minimum absolute atomic E-state index is 0.0149. The van der Waals surface area contributed by atoms with Crippen LogP contribution in [0.5, 0.6) is 0 Å². The molecule has 2 amide bonds. The van der Waals surface area contributed by atoms with Gasteiger partial charge in [0.15, 0.2) is 5.65 Å². The number of hydrogen-bond acceptors (Lipinski definition) is 4. The minimum Gasteiger partial charge on any atom is -0.354 e. The summed E-state index contributed by atoms with van der Waals surface area (Å²) in [6.07, 6.45) is 0.821. The van der Waals surface area contributed by atoms with Crippen LogP contribution in [0.4, 0.5) is 4.39 Å². The zero-order valence-corrected chi connectivity index (χ0v) is 18.0. The van der Waals surface area contributed by atoms with E-state index >= 15 is 0 Å². The number of nitrogens with zero attached hydrogens (tertiary/aromatic N) is 3. The molecule has 0 unspecified atom stereocenters. The highest BCUT2D eigenvalue weighted by Crippen LogP contribution is 2.22. The molecule has 0 saturated carbocycles. The van der Waals surface area contributed by atoms with Gasteiger partial charge in [0.05, 0.1) is 11.1 Å². The van der Waals surface area contributed by atoms with E-state index in [0.29, 0.717) is 6.42 Å². The first-order valence-electron chi connectivity index (χ1n) is 10.5. The van der Waals surface area contributed by atoms with E-state index in [2.05, 4.69) is 15.7 Å². The van der Waals surface area contributed by atoms with E-state index in [4.69, 9.17) is 4.98 Å². The summed E-state index contributed by atoms with van der Waals surface area (Å²) in [4.78, 5) is 29.0. The van der Waals surface area contributed by atoms with Crippen molar-refractivity contribution in [3.63, 3.8) is 0 Å². The molecule has 0 aliphatic heterocycles. The van der Waals surface area contributed by atoms with Gasteiger partial charge in [-0.1, -0.05) is 24.3 Å². The summed E-state index contributed by atoms with van der Waals surface area (Å²) in [7, 11) is 0. The van der Waals surface area contributed by atoms with Gasteiger partial charge < -0.3 is 10.6 Å². The molecule has 0 fully saturated rings. The summed E-state index contributed by atoms with van der Waals surface area (Å²) in [6.45, 7) is 4.41. The number of nitrogens with one attached hydrogen (secondary N) is 2. The molecule has 32 heavy (non-hydrogen) atoms. The fourth-order valence-electron chi connectivity index (χ4n) is 3.78. The Morgan fingerprint density at radius 1 is 1.00 bits per heavy atom. The van der Waals surface area contributed by atoms with Crippen molar-refractivity contribution >= 4 is 28.4 Å². The SMILES string of the molecule is Cc1nc2c3ccccc3nn2c(C)c1CCC(=O)NCCNC(=O)c1ccccc1F. The van der Waals surface area contributed by atoms with E-state index in [1.54, 1.807) is 6.07 Å². The van der Waals surface area contributed by atoms with E-state index in [1.807, 2.05) is 42.6 Å². The Morgan fingerprint density at radius 3 is 2.53 bits per heavy atom. The molecule has 0 saturated heterocycles. The molecule has 2 aromatic carbocycles. The number of aromatic nitrogens is 3. The Labute approximate surface area is 184 Å². The van der Waals surface area contributed by atoms with Gasteiger partial charge in [-0.2, -0.15) is 5.10 Å². The van der Waals surface area contributed by atoms with Gasteiger partial charge in [0, 0.05) is 36.3 Å². The van der Waals surface area contributed by atoms with Crippen LogP contribution in [0.2, 0.25) is 0 Å². The van der Waals surface area contributed by atoms with Crippen LogP contribution in [0.15, 0.2) is 48.5 Å². The molecule has 0 radical (unpaired) electrons. The first kappa shape index (κ1) is 21.4. The number of amides is 2. The predicted molar refractivity (Wildman–Crippen MR) is 120 cm³/mol. The third-order valence-electron chi connectivity index (χ3n) is 5.47. The van der Waals surface area contributed by atoms with Gasteiger partial charge in [-0.15, -0.1) is 0 Å². The average Bonchev–Trinajstić information content (AvgIpc) is 3.15. The molecule has 2 N–H and O–H groups in total. The van der Waals surface area contributed by atoms with Crippen molar-refractivity contribution in [1.82, 2.24) is 25.2 Å². The summed E-state index contributed by atoms with van der Waals surface area (Å²) in [5.41, 5.74) is 4.52. The summed E-state index contributed by atoms with van der Waals surface area (Å²) in [5, 5.41) is 11.0. The van der Waals surface area contributed by atoms with Gasteiger partial charge in [0.2, 0.25) is 5.91 Å². The highest BCUT2D eigenvalue weighted by Gasteiger charge is 2.15. The van der Waals surface area contributed by atoms with Crippen LogP contribution in [0, 0.1) is 19.7 Å². The van der Waals surface area contributed by atoms with Crippen LogP contribution in [-0.4, -0.2) is 39.5 Å². The monoisotopic (exact) mass is 433 g/mol. The largest absolute Gasteiger partial charge is 0.354 e. The van der Waals surface area contributed by atoms with Crippen LogP contribution < -0.4 is 10.6 Å². The summed E-state index contributed by atoms with van der Waals surface area (Å²) >= 11 is 0. The van der Waals surface area contributed by atoms with Gasteiger partial charge in [-0.05, 0) is 50.1 Å². The molecule has 7 nitrogen and oxygen atoms in total. The van der Waals surface area contributed by atoms with Crippen molar-refractivity contribution < 1.29 is 14.0 Å². The van der Waals surface area contributed by atoms with Gasteiger partial charge in [0.1, 0.15) is 5.82 Å². The molecule has 4 rings (SSSR count). The minimum atomic E-state index is -0.574. The van der Waals surface area contributed by atoms with Gasteiger partial charge in [-0.25, -0.2) is 13.9 Å². The molecule has 4 aromatic rings. The molecule has 164 valence electrons. The Balaban J connectivity index is 1.32. The van der Waals surface area contributed by atoms with Crippen LogP contribution in [0.25, 0.3) is 16.6 Å². The van der Waals surface area contributed by atoms with Crippen LogP contribution in [-0.2, 0) is 11.2 Å². The fourth-order valence-corrected chi connectivity index (χ4v) is 3.78. The topological polar surface area (TPSA) is 88.4 Å². The normalized spacial score (nSPS) is 11.1. The summed E-state index contributed by atoms with van der Waals surface area (Å²) in [5.74, 6) is -1.21. The number of hydrogen-bond donors (Lipinski definition) is 2. The molecular formula is C24H24FN5O2. The first-order chi connectivity index (χ1) is 15.5. The van der Waals surface area contributed by atoms with E-state index in [-0.39, 0.29) is 31.0 Å². The van der Waals surface area contributed by atoms with Gasteiger partial charge in [-0.3, -0.25) is 9.59 Å². The van der Waals surface area contributed by atoms with Crippen molar-refractivity contribution in [2.75, 3.05) is 13.1 Å².